The molecule has 0 N–H and O–H groups in total. The molecule has 0 saturated carbocycles. The van der Waals surface area contributed by atoms with E-state index in [4.69, 9.17) is 9.47 Å². The lowest BCUT2D eigenvalue weighted by Gasteiger charge is -2.16. The molecule has 1 aliphatic heterocycles. The van der Waals surface area contributed by atoms with Crippen molar-refractivity contribution in [2.75, 3.05) is 13.7 Å². The fourth-order valence-corrected chi connectivity index (χ4v) is 2.99. The van der Waals surface area contributed by atoms with Gasteiger partial charge in [0.2, 0.25) is 5.91 Å². The van der Waals surface area contributed by atoms with Crippen LogP contribution in [0.5, 0.6) is 5.75 Å². The van der Waals surface area contributed by atoms with Crippen molar-refractivity contribution in [1.82, 2.24) is 4.90 Å². The van der Waals surface area contributed by atoms with E-state index in [1.807, 2.05) is 55.5 Å². The fourth-order valence-electron chi connectivity index (χ4n) is 2.99. The molecule has 2 aromatic rings. The molecule has 1 amide bonds. The summed E-state index contributed by atoms with van der Waals surface area (Å²) in [5.41, 5.74) is 3.14. The smallest absolute Gasteiger partial charge is 0.311 e. The number of likely N-dealkylation sites (tertiary alicyclic amines) is 1. The molecule has 26 heavy (non-hydrogen) atoms. The molecule has 0 bridgehead atoms. The first-order valence-electron chi connectivity index (χ1n) is 8.68. The van der Waals surface area contributed by atoms with E-state index in [1.165, 1.54) is 5.56 Å². The van der Waals surface area contributed by atoms with Crippen LogP contribution in [-0.2, 0) is 27.5 Å². The second kappa shape index (κ2) is 8.04. The van der Waals surface area contributed by atoms with Gasteiger partial charge in [-0.05, 0) is 30.2 Å². The van der Waals surface area contributed by atoms with Gasteiger partial charge >= 0.3 is 5.97 Å². The first-order chi connectivity index (χ1) is 12.5. The van der Waals surface area contributed by atoms with Gasteiger partial charge in [-0.1, -0.05) is 42.0 Å². The zero-order valence-corrected chi connectivity index (χ0v) is 15.1. The Kier molecular flexibility index (Phi) is 5.56. The Morgan fingerprint density at radius 1 is 1.08 bits per heavy atom. The third-order valence-corrected chi connectivity index (χ3v) is 4.58. The molecule has 0 radical (unpaired) electrons. The lowest BCUT2D eigenvalue weighted by Crippen LogP contribution is -2.26. The minimum Gasteiger partial charge on any atom is -0.497 e. The molecule has 0 aromatic heterocycles. The summed E-state index contributed by atoms with van der Waals surface area (Å²) in [6.07, 6.45) is 0.216. The lowest BCUT2D eigenvalue weighted by atomic mass is 10.1. The van der Waals surface area contributed by atoms with Crippen molar-refractivity contribution >= 4 is 11.9 Å². The van der Waals surface area contributed by atoms with Gasteiger partial charge in [0.05, 0.1) is 13.0 Å². The lowest BCUT2D eigenvalue weighted by molar-refractivity contribution is -0.149. The van der Waals surface area contributed by atoms with E-state index in [0.29, 0.717) is 13.1 Å². The molecule has 0 unspecified atom stereocenters. The average Bonchev–Trinajstić information content (AvgIpc) is 3.02. The minimum atomic E-state index is -0.397. The molecule has 1 aliphatic rings. The first-order valence-corrected chi connectivity index (χ1v) is 8.68. The van der Waals surface area contributed by atoms with E-state index < -0.39 is 5.92 Å². The molecule has 1 heterocycles. The minimum absolute atomic E-state index is 0.00280. The predicted octanol–water partition coefficient (Wildman–Crippen LogP) is 3.10. The summed E-state index contributed by atoms with van der Waals surface area (Å²) < 4.78 is 10.5. The standard InChI is InChI=1S/C21H23NO4/c1-15-3-5-16(6-4-15)12-22-13-18(11-20(22)23)21(24)26-14-17-7-9-19(25-2)10-8-17/h3-10,18H,11-14H2,1-2H3/t18-/m0/s1. The number of hydrogen-bond acceptors (Lipinski definition) is 4. The molecule has 5 heteroatoms. The molecule has 1 atom stereocenters. The van der Waals surface area contributed by atoms with Crippen LogP contribution in [0.1, 0.15) is 23.1 Å². The normalized spacial score (nSPS) is 16.6. The number of hydrogen-bond donors (Lipinski definition) is 0. The Bertz CT molecular complexity index is 768. The van der Waals surface area contributed by atoms with Gasteiger partial charge in [0, 0.05) is 19.5 Å². The van der Waals surface area contributed by atoms with Gasteiger partial charge in [-0.15, -0.1) is 0 Å². The van der Waals surface area contributed by atoms with Crippen LogP contribution in [0.3, 0.4) is 0 Å². The summed E-state index contributed by atoms with van der Waals surface area (Å²) in [6, 6.07) is 15.4. The SMILES string of the molecule is COc1ccc(COC(=O)[C@H]2CC(=O)N(Cc3ccc(C)cc3)C2)cc1. The summed E-state index contributed by atoms with van der Waals surface area (Å²) in [6.45, 7) is 3.17. The number of rotatable bonds is 6. The Balaban J connectivity index is 1.52. The second-order valence-corrected chi connectivity index (χ2v) is 6.62. The number of aryl methyl sites for hydroxylation is 1. The highest BCUT2D eigenvalue weighted by molar-refractivity contribution is 5.86. The summed E-state index contributed by atoms with van der Waals surface area (Å²) in [4.78, 5) is 26.2. The number of carbonyl (C=O) groups excluding carboxylic acids is 2. The number of esters is 1. The highest BCUT2D eigenvalue weighted by Crippen LogP contribution is 2.22. The van der Waals surface area contributed by atoms with Crippen LogP contribution in [0.15, 0.2) is 48.5 Å². The number of benzene rings is 2. The topological polar surface area (TPSA) is 55.8 Å². The summed E-state index contributed by atoms with van der Waals surface area (Å²) in [5, 5.41) is 0. The van der Waals surface area contributed by atoms with E-state index in [1.54, 1.807) is 12.0 Å². The molecule has 3 rings (SSSR count). The Morgan fingerprint density at radius 3 is 2.38 bits per heavy atom. The average molecular weight is 353 g/mol. The number of ether oxygens (including phenoxy) is 2. The Labute approximate surface area is 153 Å². The maximum atomic E-state index is 12.3. The quantitative estimate of drug-likeness (QED) is 0.749. The van der Waals surface area contributed by atoms with E-state index in [9.17, 15) is 9.59 Å². The zero-order valence-electron chi connectivity index (χ0n) is 15.1. The zero-order chi connectivity index (χ0) is 18.5. The van der Waals surface area contributed by atoms with Gasteiger partial charge in [-0.3, -0.25) is 9.59 Å². The van der Waals surface area contributed by atoms with E-state index in [2.05, 4.69) is 0 Å². The molecule has 1 saturated heterocycles. The Hall–Kier alpha value is -2.82. The molecule has 1 fully saturated rings. The molecule has 0 aliphatic carbocycles. The molecule has 0 spiro atoms. The van der Waals surface area contributed by atoms with Crippen molar-refractivity contribution in [1.29, 1.82) is 0 Å². The monoisotopic (exact) mass is 353 g/mol. The van der Waals surface area contributed by atoms with Crippen LogP contribution >= 0.6 is 0 Å². The highest BCUT2D eigenvalue weighted by atomic mass is 16.5. The number of carbonyl (C=O) groups is 2. The summed E-state index contributed by atoms with van der Waals surface area (Å²) in [7, 11) is 1.61. The summed E-state index contributed by atoms with van der Waals surface area (Å²) >= 11 is 0. The molecular weight excluding hydrogens is 330 g/mol. The van der Waals surface area contributed by atoms with Gasteiger partial charge in [0.25, 0.3) is 0 Å². The van der Waals surface area contributed by atoms with Gasteiger partial charge < -0.3 is 14.4 Å². The predicted molar refractivity (Wildman–Crippen MR) is 97.5 cm³/mol. The second-order valence-electron chi connectivity index (χ2n) is 6.62. The van der Waals surface area contributed by atoms with Crippen molar-refractivity contribution in [2.24, 2.45) is 5.92 Å². The van der Waals surface area contributed by atoms with Crippen LogP contribution in [0.25, 0.3) is 0 Å². The van der Waals surface area contributed by atoms with Gasteiger partial charge in [-0.25, -0.2) is 0 Å². The van der Waals surface area contributed by atoms with E-state index >= 15 is 0 Å². The summed E-state index contributed by atoms with van der Waals surface area (Å²) in [5.74, 6) is 0.0388. The van der Waals surface area contributed by atoms with Crippen LogP contribution < -0.4 is 4.74 Å². The Morgan fingerprint density at radius 2 is 1.73 bits per heavy atom. The van der Waals surface area contributed by atoms with Crippen molar-refractivity contribution in [3.63, 3.8) is 0 Å². The van der Waals surface area contributed by atoms with Crippen LogP contribution in [0.2, 0.25) is 0 Å². The van der Waals surface area contributed by atoms with Gasteiger partial charge in [0.15, 0.2) is 0 Å². The van der Waals surface area contributed by atoms with E-state index in [-0.39, 0.29) is 24.9 Å². The highest BCUT2D eigenvalue weighted by Gasteiger charge is 2.35. The van der Waals surface area contributed by atoms with Crippen molar-refractivity contribution < 1.29 is 19.1 Å². The van der Waals surface area contributed by atoms with Crippen LogP contribution in [0.4, 0.5) is 0 Å². The van der Waals surface area contributed by atoms with Crippen molar-refractivity contribution in [3.8, 4) is 5.75 Å². The van der Waals surface area contributed by atoms with Gasteiger partial charge in [0.1, 0.15) is 12.4 Å². The number of amides is 1. The number of nitrogens with zero attached hydrogens (tertiary/aromatic N) is 1. The van der Waals surface area contributed by atoms with Crippen molar-refractivity contribution in [2.45, 2.75) is 26.5 Å². The van der Waals surface area contributed by atoms with Gasteiger partial charge in [-0.2, -0.15) is 0 Å². The third-order valence-electron chi connectivity index (χ3n) is 4.58. The molecule has 5 nitrogen and oxygen atoms in total. The third kappa shape index (κ3) is 4.42. The van der Waals surface area contributed by atoms with Crippen molar-refractivity contribution in [3.05, 3.63) is 65.2 Å². The maximum Gasteiger partial charge on any atom is 0.311 e. The maximum absolute atomic E-state index is 12.3. The fraction of sp³-hybridized carbons (Fsp3) is 0.333. The van der Waals surface area contributed by atoms with E-state index in [0.717, 1.165) is 16.9 Å². The number of methoxy groups -OCH3 is 1. The van der Waals surface area contributed by atoms with Crippen LogP contribution in [0, 0.1) is 12.8 Å². The first kappa shape index (κ1) is 18.0. The largest absolute Gasteiger partial charge is 0.497 e. The molecular formula is C21H23NO4. The molecule has 2 aromatic carbocycles. The van der Waals surface area contributed by atoms with Crippen LogP contribution in [-0.4, -0.2) is 30.4 Å². The molecule has 136 valence electrons.